The summed E-state index contributed by atoms with van der Waals surface area (Å²) in [6, 6.07) is 0. The van der Waals surface area contributed by atoms with Gasteiger partial charge in [-0.25, -0.2) is 0 Å². The number of carboxylic acids is 1. The number of allylic oxidation sites excluding steroid dienone is 1. The van der Waals surface area contributed by atoms with Crippen LogP contribution in [-0.4, -0.2) is 24.3 Å². The number of aliphatic carboxylic acids is 1. The van der Waals surface area contributed by atoms with Crippen molar-refractivity contribution in [2.75, 3.05) is 13.2 Å². The Labute approximate surface area is 92.1 Å². The molecule has 0 saturated heterocycles. The lowest BCUT2D eigenvalue weighted by Gasteiger charge is -2.00. The lowest BCUT2D eigenvalue weighted by atomic mass is 10.1. The van der Waals surface area contributed by atoms with E-state index in [1.54, 1.807) is 0 Å². The Hall–Kier alpha value is -0.830. The summed E-state index contributed by atoms with van der Waals surface area (Å²) in [6.07, 6.45) is 7.57. The highest BCUT2D eigenvalue weighted by Gasteiger charge is 1.94. The summed E-state index contributed by atoms with van der Waals surface area (Å²) in [7, 11) is 0. The van der Waals surface area contributed by atoms with Gasteiger partial charge in [-0.1, -0.05) is 26.0 Å². The molecule has 0 spiro atoms. The van der Waals surface area contributed by atoms with Crippen LogP contribution in [0.5, 0.6) is 0 Å². The molecule has 3 heteroatoms. The quantitative estimate of drug-likeness (QED) is 0.474. The summed E-state index contributed by atoms with van der Waals surface area (Å²) >= 11 is 0. The van der Waals surface area contributed by atoms with E-state index >= 15 is 0 Å². The van der Waals surface area contributed by atoms with E-state index in [1.165, 1.54) is 6.42 Å². The predicted octanol–water partition coefficient (Wildman–Crippen LogP) is 2.86. The van der Waals surface area contributed by atoms with Gasteiger partial charge in [0, 0.05) is 0 Å². The van der Waals surface area contributed by atoms with Crippen LogP contribution >= 0.6 is 0 Å². The maximum absolute atomic E-state index is 10.1. The minimum absolute atomic E-state index is 0.0943. The van der Waals surface area contributed by atoms with Crippen LogP contribution in [0.15, 0.2) is 12.2 Å². The summed E-state index contributed by atoms with van der Waals surface area (Å²) < 4.78 is 5.14. The Morgan fingerprint density at radius 1 is 1.27 bits per heavy atom. The van der Waals surface area contributed by atoms with Crippen molar-refractivity contribution < 1.29 is 14.6 Å². The molecule has 88 valence electrons. The molecule has 0 aliphatic heterocycles. The molecule has 0 saturated carbocycles. The van der Waals surface area contributed by atoms with Gasteiger partial charge in [0.15, 0.2) is 0 Å². The summed E-state index contributed by atoms with van der Waals surface area (Å²) in [4.78, 5) is 10.1. The van der Waals surface area contributed by atoms with Gasteiger partial charge >= 0.3 is 5.97 Å². The number of carboxylic acid groups (broad SMARTS) is 1. The maximum Gasteiger partial charge on any atom is 0.305 e. The van der Waals surface area contributed by atoms with Crippen LogP contribution in [0, 0.1) is 5.92 Å². The lowest BCUT2D eigenvalue weighted by Crippen LogP contribution is -2.03. The zero-order valence-corrected chi connectivity index (χ0v) is 9.74. The molecular formula is C12H22O3. The number of hydrogen-bond acceptors (Lipinski definition) is 2. The van der Waals surface area contributed by atoms with E-state index in [-0.39, 0.29) is 6.42 Å². The van der Waals surface area contributed by atoms with E-state index in [0.717, 1.165) is 18.8 Å². The molecule has 0 rings (SSSR count). The molecule has 0 aromatic heterocycles. The number of hydrogen-bond donors (Lipinski definition) is 1. The molecular weight excluding hydrogens is 192 g/mol. The van der Waals surface area contributed by atoms with Crippen LogP contribution < -0.4 is 0 Å². The van der Waals surface area contributed by atoms with Crippen molar-refractivity contribution in [2.24, 2.45) is 5.92 Å². The van der Waals surface area contributed by atoms with Gasteiger partial charge in [-0.2, -0.15) is 0 Å². The fraction of sp³-hybridized carbons (Fsp3) is 0.750. The third-order valence-electron chi connectivity index (χ3n) is 1.97. The molecule has 0 aliphatic rings. The highest BCUT2D eigenvalue weighted by molar-refractivity contribution is 5.66. The highest BCUT2D eigenvalue weighted by Crippen LogP contribution is 2.04. The minimum Gasteiger partial charge on any atom is -0.481 e. The first-order chi connectivity index (χ1) is 7.13. The average molecular weight is 214 g/mol. The van der Waals surface area contributed by atoms with Crippen molar-refractivity contribution in [3.63, 3.8) is 0 Å². The molecule has 0 aromatic carbocycles. The highest BCUT2D eigenvalue weighted by atomic mass is 16.5. The molecule has 0 unspecified atom stereocenters. The van der Waals surface area contributed by atoms with Crippen molar-refractivity contribution in [1.82, 2.24) is 0 Å². The SMILES string of the molecule is CC(C)CCC=CCCOCCC(=O)O. The van der Waals surface area contributed by atoms with Gasteiger partial charge in [0.25, 0.3) is 0 Å². The van der Waals surface area contributed by atoms with Crippen LogP contribution in [0.1, 0.15) is 39.5 Å². The van der Waals surface area contributed by atoms with Crippen LogP contribution in [-0.2, 0) is 9.53 Å². The molecule has 0 amide bonds. The van der Waals surface area contributed by atoms with Gasteiger partial charge in [-0.3, -0.25) is 4.79 Å². The van der Waals surface area contributed by atoms with Crippen LogP contribution in [0.25, 0.3) is 0 Å². The molecule has 3 nitrogen and oxygen atoms in total. The van der Waals surface area contributed by atoms with Crippen molar-refractivity contribution in [3.05, 3.63) is 12.2 Å². The van der Waals surface area contributed by atoms with Crippen molar-refractivity contribution in [2.45, 2.75) is 39.5 Å². The van der Waals surface area contributed by atoms with Gasteiger partial charge in [-0.15, -0.1) is 0 Å². The van der Waals surface area contributed by atoms with E-state index in [4.69, 9.17) is 9.84 Å². The van der Waals surface area contributed by atoms with Crippen LogP contribution in [0.2, 0.25) is 0 Å². The van der Waals surface area contributed by atoms with Crippen LogP contribution in [0.3, 0.4) is 0 Å². The summed E-state index contributed by atoms with van der Waals surface area (Å²) in [5, 5.41) is 8.34. The van der Waals surface area contributed by atoms with Gasteiger partial charge in [0.1, 0.15) is 0 Å². The second kappa shape index (κ2) is 9.71. The van der Waals surface area contributed by atoms with Gasteiger partial charge in [0.2, 0.25) is 0 Å². The van der Waals surface area contributed by atoms with E-state index in [2.05, 4.69) is 26.0 Å². The van der Waals surface area contributed by atoms with Gasteiger partial charge in [0.05, 0.1) is 19.6 Å². The van der Waals surface area contributed by atoms with Crippen LogP contribution in [0.4, 0.5) is 0 Å². The number of carbonyl (C=O) groups is 1. The Morgan fingerprint density at radius 3 is 2.53 bits per heavy atom. The first-order valence-corrected chi connectivity index (χ1v) is 5.57. The zero-order chi connectivity index (χ0) is 11.5. The second-order valence-corrected chi connectivity index (χ2v) is 3.99. The molecule has 1 N–H and O–H groups in total. The fourth-order valence-electron chi connectivity index (χ4n) is 1.08. The lowest BCUT2D eigenvalue weighted by molar-refractivity contribution is -0.138. The van der Waals surface area contributed by atoms with Crippen molar-refractivity contribution >= 4 is 5.97 Å². The fourth-order valence-corrected chi connectivity index (χ4v) is 1.08. The van der Waals surface area contributed by atoms with Crippen molar-refractivity contribution in [3.8, 4) is 0 Å². The molecule has 0 fully saturated rings. The maximum atomic E-state index is 10.1. The average Bonchev–Trinajstić information content (AvgIpc) is 2.14. The standard InChI is InChI=1S/C12H22O3/c1-11(2)7-5-3-4-6-9-15-10-8-12(13)14/h3-4,11H,5-10H2,1-2H3,(H,13,14). The van der Waals surface area contributed by atoms with E-state index in [0.29, 0.717) is 13.2 Å². The third-order valence-corrected chi connectivity index (χ3v) is 1.97. The summed E-state index contributed by atoms with van der Waals surface area (Å²) in [5.74, 6) is -0.0519. The van der Waals surface area contributed by atoms with Gasteiger partial charge in [-0.05, 0) is 25.2 Å². The molecule has 0 atom stereocenters. The van der Waals surface area contributed by atoms with E-state index in [1.807, 2.05) is 0 Å². The minimum atomic E-state index is -0.803. The third kappa shape index (κ3) is 13.2. The molecule has 0 bridgehead atoms. The Kier molecular flexibility index (Phi) is 9.18. The van der Waals surface area contributed by atoms with E-state index in [9.17, 15) is 4.79 Å². The zero-order valence-electron chi connectivity index (χ0n) is 9.74. The smallest absolute Gasteiger partial charge is 0.305 e. The monoisotopic (exact) mass is 214 g/mol. The first-order valence-electron chi connectivity index (χ1n) is 5.57. The Balaban J connectivity index is 3.13. The topological polar surface area (TPSA) is 46.5 Å². The molecule has 0 heterocycles. The summed E-state index contributed by atoms with van der Waals surface area (Å²) in [5.41, 5.74) is 0. The molecule has 0 aromatic rings. The molecule has 0 aliphatic carbocycles. The molecule has 15 heavy (non-hydrogen) atoms. The van der Waals surface area contributed by atoms with E-state index < -0.39 is 5.97 Å². The largest absolute Gasteiger partial charge is 0.481 e. The first kappa shape index (κ1) is 14.2. The van der Waals surface area contributed by atoms with Gasteiger partial charge < -0.3 is 9.84 Å². The number of rotatable bonds is 9. The Bertz CT molecular complexity index is 185. The molecule has 0 radical (unpaired) electrons. The normalized spacial score (nSPS) is 11.4. The predicted molar refractivity (Wildman–Crippen MR) is 60.9 cm³/mol. The second-order valence-electron chi connectivity index (χ2n) is 3.99. The van der Waals surface area contributed by atoms with Crippen molar-refractivity contribution in [1.29, 1.82) is 0 Å². The Morgan fingerprint density at radius 2 is 1.93 bits per heavy atom. The number of ether oxygens (including phenoxy) is 1. The summed E-state index contributed by atoms with van der Waals surface area (Å²) in [6.45, 7) is 5.35.